The number of fused-ring (bicyclic) bond motifs is 3. The molecule has 3 aromatic rings. The number of imide groups is 1. The zero-order valence-electron chi connectivity index (χ0n) is 21.0. The summed E-state index contributed by atoms with van der Waals surface area (Å²) in [6.45, 7) is 2.95. The van der Waals surface area contributed by atoms with E-state index in [1.165, 1.54) is 17.2 Å². The first-order valence-corrected chi connectivity index (χ1v) is 13.0. The summed E-state index contributed by atoms with van der Waals surface area (Å²) in [5.41, 5.74) is 4.85. The Labute approximate surface area is 223 Å². The number of rotatable bonds is 5. The molecule has 9 nitrogen and oxygen atoms in total. The third-order valence-electron chi connectivity index (χ3n) is 8.10. The number of amides is 4. The van der Waals surface area contributed by atoms with Crippen molar-refractivity contribution in [3.05, 3.63) is 77.4 Å². The van der Waals surface area contributed by atoms with Gasteiger partial charge in [-0.2, -0.15) is 0 Å². The minimum atomic E-state index is -0.435. The molecule has 0 aliphatic carbocycles. The highest BCUT2D eigenvalue weighted by molar-refractivity contribution is 6.13. The van der Waals surface area contributed by atoms with E-state index in [0.717, 1.165) is 43.0 Å². The van der Waals surface area contributed by atoms with E-state index >= 15 is 0 Å². The lowest BCUT2D eigenvalue weighted by Crippen LogP contribution is -2.49. The van der Waals surface area contributed by atoms with Gasteiger partial charge < -0.3 is 4.90 Å². The predicted octanol–water partition coefficient (Wildman–Crippen LogP) is 3.37. The molecule has 4 aliphatic heterocycles. The van der Waals surface area contributed by atoms with Gasteiger partial charge in [0.15, 0.2) is 0 Å². The van der Waals surface area contributed by atoms with E-state index in [-0.39, 0.29) is 17.9 Å². The third-order valence-corrected chi connectivity index (χ3v) is 8.10. The Bertz CT molecular complexity index is 1540. The van der Waals surface area contributed by atoms with Crippen LogP contribution in [0.25, 0.3) is 11.1 Å². The number of likely N-dealkylation sites (tertiary alicyclic amines) is 1. The van der Waals surface area contributed by atoms with Gasteiger partial charge in [-0.1, -0.05) is 12.1 Å². The maximum atomic E-state index is 14.5. The maximum absolute atomic E-state index is 14.5. The van der Waals surface area contributed by atoms with Crippen LogP contribution in [0.15, 0.2) is 59.7 Å². The highest BCUT2D eigenvalue weighted by Crippen LogP contribution is 2.36. The second-order valence-electron chi connectivity index (χ2n) is 10.4. The number of carbonyl (C=O) groups is 3. The van der Waals surface area contributed by atoms with E-state index in [1.807, 2.05) is 24.3 Å². The highest BCUT2D eigenvalue weighted by Gasteiger charge is 2.43. The van der Waals surface area contributed by atoms with Crippen LogP contribution < -0.4 is 15.1 Å². The number of urea groups is 1. The summed E-state index contributed by atoms with van der Waals surface area (Å²) in [4.78, 5) is 50.1. The summed E-state index contributed by atoms with van der Waals surface area (Å²) >= 11 is 0. The Morgan fingerprint density at radius 2 is 1.77 bits per heavy atom. The van der Waals surface area contributed by atoms with Gasteiger partial charge in [-0.25, -0.2) is 14.2 Å². The quantitative estimate of drug-likeness (QED) is 0.550. The molecule has 2 aromatic carbocycles. The second-order valence-corrected chi connectivity index (χ2v) is 10.4. The molecule has 4 amide bonds. The number of hydrogen-bond donors (Lipinski definition) is 1. The molecule has 2 bridgehead atoms. The van der Waals surface area contributed by atoms with E-state index in [4.69, 9.17) is 0 Å². The molecule has 7 rings (SSSR count). The Kier molecular flexibility index (Phi) is 5.52. The van der Waals surface area contributed by atoms with Crippen LogP contribution in [0.3, 0.4) is 0 Å². The van der Waals surface area contributed by atoms with Gasteiger partial charge in [0, 0.05) is 62.1 Å². The van der Waals surface area contributed by atoms with Crippen LogP contribution in [0.2, 0.25) is 0 Å². The fourth-order valence-electron chi connectivity index (χ4n) is 6.08. The van der Waals surface area contributed by atoms with Gasteiger partial charge >= 0.3 is 6.03 Å². The number of halogens is 1. The minimum Gasteiger partial charge on any atom is -0.366 e. The van der Waals surface area contributed by atoms with E-state index in [9.17, 15) is 18.8 Å². The maximum Gasteiger partial charge on any atom is 0.328 e. The summed E-state index contributed by atoms with van der Waals surface area (Å²) in [6.07, 6.45) is 4.35. The van der Waals surface area contributed by atoms with Crippen LogP contribution in [0.1, 0.15) is 34.5 Å². The van der Waals surface area contributed by atoms with Gasteiger partial charge in [-0.3, -0.25) is 29.7 Å². The van der Waals surface area contributed by atoms with Gasteiger partial charge in [0.1, 0.15) is 5.82 Å². The first-order valence-electron chi connectivity index (χ1n) is 13.0. The van der Waals surface area contributed by atoms with Gasteiger partial charge in [0.05, 0.1) is 23.1 Å². The first kappa shape index (κ1) is 23.7. The van der Waals surface area contributed by atoms with Crippen molar-refractivity contribution in [2.24, 2.45) is 4.99 Å². The van der Waals surface area contributed by atoms with Crippen molar-refractivity contribution in [3.63, 3.8) is 0 Å². The lowest BCUT2D eigenvalue weighted by atomic mass is 9.99. The lowest BCUT2D eigenvalue weighted by molar-refractivity contribution is -0.120. The Hall–Kier alpha value is -4.44. The van der Waals surface area contributed by atoms with E-state index < -0.39 is 17.8 Å². The molecule has 1 N–H and O–H groups in total. The number of carbonyl (C=O) groups excluding carboxylic acids is 3. The van der Waals surface area contributed by atoms with Crippen LogP contribution in [0.4, 0.5) is 20.6 Å². The number of nitrogens with one attached hydrogen (secondary N) is 1. The number of benzene rings is 2. The van der Waals surface area contributed by atoms with Crippen LogP contribution in [0, 0.1) is 5.82 Å². The molecule has 0 unspecified atom stereocenters. The zero-order valence-corrected chi connectivity index (χ0v) is 21.0. The molecule has 196 valence electrons. The number of aliphatic imine (C=N–C) groups is 1. The van der Waals surface area contributed by atoms with E-state index in [0.29, 0.717) is 35.4 Å². The third kappa shape index (κ3) is 4.17. The summed E-state index contributed by atoms with van der Waals surface area (Å²) in [6, 6.07) is 15.5. The van der Waals surface area contributed by atoms with Crippen molar-refractivity contribution in [2.45, 2.75) is 31.5 Å². The number of hydrogen-bond acceptors (Lipinski definition) is 6. The largest absolute Gasteiger partial charge is 0.366 e. The normalized spacial score (nSPS) is 22.1. The van der Waals surface area contributed by atoms with Crippen molar-refractivity contribution < 1.29 is 18.8 Å². The minimum absolute atomic E-state index is 0.252. The average molecular weight is 525 g/mol. The number of nitrogens with zero attached hydrogens (tertiary/aromatic N) is 5. The fourth-order valence-corrected chi connectivity index (χ4v) is 6.08. The topological polar surface area (TPSA) is 98.2 Å². The highest BCUT2D eigenvalue weighted by atomic mass is 19.1. The summed E-state index contributed by atoms with van der Waals surface area (Å²) in [5.74, 6) is -1.09. The van der Waals surface area contributed by atoms with Gasteiger partial charge in [-0.15, -0.1) is 0 Å². The fraction of sp³-hybridized carbons (Fsp3) is 0.276. The van der Waals surface area contributed by atoms with Gasteiger partial charge in [0.2, 0.25) is 5.91 Å². The number of anilines is 2. The SMILES string of the molecule is O=C1CCN(c2ccc(CN3C[C@H]4C[C@@H]3CN4c3ccc(-c4cc(F)c5c(c4)C(=O)N=C5)cc3)nc2)C(=O)N1. The Balaban J connectivity index is 0.991. The summed E-state index contributed by atoms with van der Waals surface area (Å²) in [5, 5.41) is 2.34. The van der Waals surface area contributed by atoms with Crippen molar-refractivity contribution >= 4 is 35.4 Å². The molecule has 5 heterocycles. The molecule has 3 fully saturated rings. The lowest BCUT2D eigenvalue weighted by Gasteiger charge is -2.35. The molecule has 0 radical (unpaired) electrons. The molecule has 0 spiro atoms. The molecule has 3 saturated heterocycles. The summed E-state index contributed by atoms with van der Waals surface area (Å²) < 4.78 is 14.5. The Morgan fingerprint density at radius 1 is 0.949 bits per heavy atom. The van der Waals surface area contributed by atoms with Crippen molar-refractivity contribution in [1.29, 1.82) is 0 Å². The molecule has 1 aromatic heterocycles. The average Bonchev–Trinajstić information content (AvgIpc) is 3.64. The van der Waals surface area contributed by atoms with Gasteiger partial charge in [0.25, 0.3) is 5.91 Å². The van der Waals surface area contributed by atoms with Crippen LogP contribution in [-0.4, -0.2) is 65.7 Å². The molecule has 39 heavy (non-hydrogen) atoms. The molecule has 4 aliphatic rings. The summed E-state index contributed by atoms with van der Waals surface area (Å²) in [7, 11) is 0. The van der Waals surface area contributed by atoms with Gasteiger partial charge in [-0.05, 0) is 53.9 Å². The number of piperazine rings is 1. The first-order chi connectivity index (χ1) is 18.9. The molecule has 2 atom stereocenters. The monoisotopic (exact) mass is 524 g/mol. The molecule has 0 saturated carbocycles. The van der Waals surface area contributed by atoms with Crippen molar-refractivity contribution in [2.75, 3.05) is 29.4 Å². The van der Waals surface area contributed by atoms with E-state index in [2.05, 4.69) is 37.2 Å². The Morgan fingerprint density at radius 3 is 2.49 bits per heavy atom. The predicted molar refractivity (Wildman–Crippen MR) is 143 cm³/mol. The van der Waals surface area contributed by atoms with Crippen LogP contribution in [-0.2, 0) is 11.3 Å². The number of pyridine rings is 1. The number of aromatic nitrogens is 1. The smallest absolute Gasteiger partial charge is 0.328 e. The zero-order chi connectivity index (χ0) is 26.7. The van der Waals surface area contributed by atoms with Crippen molar-refractivity contribution in [1.82, 2.24) is 15.2 Å². The van der Waals surface area contributed by atoms with Crippen LogP contribution in [0.5, 0.6) is 0 Å². The standard InChI is InChI=1S/C29H25FN6O3/c30-26-10-18(9-24-25(26)13-32-28(24)38)17-1-4-20(5-2-17)36-16-22-11-23(36)15-34(22)14-19-3-6-21(12-31-19)35-8-7-27(37)33-29(35)39/h1-6,9-10,12-13,22-23H,7-8,11,14-16H2,(H,33,37,39)/t22-,23-/m1/s1. The van der Waals surface area contributed by atoms with Crippen molar-refractivity contribution in [3.8, 4) is 11.1 Å². The molecule has 10 heteroatoms. The second kappa shape index (κ2) is 9.09. The molecular weight excluding hydrogens is 499 g/mol. The molecular formula is C29H25FN6O3. The van der Waals surface area contributed by atoms with Crippen LogP contribution >= 0.6 is 0 Å². The van der Waals surface area contributed by atoms with E-state index in [1.54, 1.807) is 12.3 Å².